The fraction of sp³-hybridized carbons (Fsp3) is 0.778. The number of amides is 3. The van der Waals surface area contributed by atoms with Gasteiger partial charge in [-0.05, 0) is 40.0 Å². The predicted octanol–water partition coefficient (Wildman–Crippen LogP) is 1.58. The summed E-state index contributed by atoms with van der Waals surface area (Å²) >= 11 is 1.20. The van der Waals surface area contributed by atoms with E-state index in [9.17, 15) is 28.8 Å². The van der Waals surface area contributed by atoms with E-state index in [4.69, 9.17) is 23.7 Å². The highest BCUT2D eigenvalue weighted by molar-refractivity contribution is 7.99. The average Bonchev–Trinajstić information content (AvgIpc) is 2.83. The van der Waals surface area contributed by atoms with E-state index in [1.165, 1.54) is 39.5 Å². The highest BCUT2D eigenvalue weighted by atomic mass is 32.2. The van der Waals surface area contributed by atoms with Crippen molar-refractivity contribution in [2.45, 2.75) is 110 Å². The average molecular weight is 620 g/mol. The van der Waals surface area contributed by atoms with E-state index < -0.39 is 65.3 Å². The first-order valence-electron chi connectivity index (χ1n) is 13.8. The van der Waals surface area contributed by atoms with Crippen molar-refractivity contribution in [2.75, 3.05) is 25.4 Å². The minimum absolute atomic E-state index is 0.137. The van der Waals surface area contributed by atoms with Gasteiger partial charge in [0.1, 0.15) is 29.8 Å². The van der Waals surface area contributed by atoms with E-state index >= 15 is 0 Å². The Kier molecular flexibility index (Phi) is 16.2. The van der Waals surface area contributed by atoms with Crippen molar-refractivity contribution in [3.05, 3.63) is 0 Å². The topological polar surface area (TPSA) is 185 Å². The molecule has 0 bridgehead atoms. The van der Waals surface area contributed by atoms with Crippen LogP contribution in [-0.2, 0) is 47.7 Å². The Bertz CT molecular complexity index is 941. The van der Waals surface area contributed by atoms with Gasteiger partial charge >= 0.3 is 24.0 Å². The summed E-state index contributed by atoms with van der Waals surface area (Å²) in [6, 6.07) is -0.924. The number of hydrogen-bond donors (Lipinski definition) is 3. The molecule has 1 aliphatic rings. The summed E-state index contributed by atoms with van der Waals surface area (Å²) in [5.41, 5.74) is -1.38. The molecule has 240 valence electrons. The second-order valence-corrected chi connectivity index (χ2v) is 11.9. The third-order valence-electron chi connectivity index (χ3n) is 5.53. The SMILES string of the molecule is CC(=O)N[C@@H]1[C@@H](OC(C)=O)[C@@H](OC(C)=O)[C@@H](COC(C)=O)O[C@@H]1SCCC(=O)NCCCCCNC(=O)OC(C)(C)C. The number of hydrogen-bond acceptors (Lipinski definition) is 12. The van der Waals surface area contributed by atoms with E-state index in [1.807, 2.05) is 0 Å². The molecule has 0 aromatic rings. The maximum absolute atomic E-state index is 12.4. The third kappa shape index (κ3) is 15.8. The molecule has 1 fully saturated rings. The number of carbonyl (C=O) groups excluding carboxylic acids is 6. The molecular formula is C27H45N3O11S. The number of ether oxygens (including phenoxy) is 5. The van der Waals surface area contributed by atoms with Gasteiger partial charge in [-0.15, -0.1) is 11.8 Å². The van der Waals surface area contributed by atoms with Crippen molar-refractivity contribution in [3.8, 4) is 0 Å². The van der Waals surface area contributed by atoms with E-state index in [0.717, 1.165) is 19.3 Å². The fourth-order valence-corrected chi connectivity index (χ4v) is 5.14. The van der Waals surface area contributed by atoms with Crippen molar-refractivity contribution in [3.63, 3.8) is 0 Å². The van der Waals surface area contributed by atoms with Gasteiger partial charge in [-0.3, -0.25) is 24.0 Å². The normalized spacial score (nSPS) is 21.8. The Balaban J connectivity index is 2.67. The number of alkyl carbamates (subject to hydrolysis) is 1. The molecule has 15 heteroatoms. The molecule has 1 rings (SSSR count). The summed E-state index contributed by atoms with van der Waals surface area (Å²) in [5, 5.41) is 8.22. The standard InChI is InChI=1S/C27H45N3O11S/c1-16(31)30-22-24(39-19(4)34)23(38-18(3)33)20(15-37-17(2)32)40-25(22)42-14-11-21(35)28-12-9-8-10-13-29-26(36)41-27(5,6)7/h20,22-25H,8-15H2,1-7H3,(H,28,35)(H,29,36)(H,30,31)/t20-,22-,23+,24-,25-/m1/s1. The largest absolute Gasteiger partial charge is 0.463 e. The van der Waals surface area contributed by atoms with Gasteiger partial charge in [-0.2, -0.15) is 0 Å². The van der Waals surface area contributed by atoms with Crippen LogP contribution in [0.4, 0.5) is 4.79 Å². The molecule has 0 radical (unpaired) electrons. The second-order valence-electron chi connectivity index (χ2n) is 10.7. The number of esters is 3. The summed E-state index contributed by atoms with van der Waals surface area (Å²) in [6.07, 6.45) is -1.37. The number of unbranched alkanes of at least 4 members (excludes halogenated alkanes) is 2. The zero-order chi connectivity index (χ0) is 31.9. The molecule has 0 unspecified atom stereocenters. The first kappa shape index (κ1) is 37.0. The number of thioether (sulfide) groups is 1. The van der Waals surface area contributed by atoms with Crippen molar-refractivity contribution in [1.82, 2.24) is 16.0 Å². The number of nitrogens with one attached hydrogen (secondary N) is 3. The van der Waals surface area contributed by atoms with E-state index in [-0.39, 0.29) is 24.7 Å². The van der Waals surface area contributed by atoms with E-state index in [2.05, 4.69) is 16.0 Å². The van der Waals surface area contributed by atoms with Crippen LogP contribution in [0.3, 0.4) is 0 Å². The summed E-state index contributed by atoms with van der Waals surface area (Å²) in [7, 11) is 0. The van der Waals surface area contributed by atoms with Crippen molar-refractivity contribution < 1.29 is 52.5 Å². The van der Waals surface area contributed by atoms with Gasteiger partial charge in [0, 0.05) is 53.0 Å². The van der Waals surface area contributed by atoms with E-state index in [0.29, 0.717) is 13.1 Å². The molecule has 1 aliphatic heterocycles. The molecule has 1 heterocycles. The Labute approximate surface area is 251 Å². The fourth-order valence-electron chi connectivity index (χ4n) is 3.95. The minimum Gasteiger partial charge on any atom is -0.463 e. The lowest BCUT2D eigenvalue weighted by atomic mass is 9.97. The number of rotatable bonds is 15. The van der Waals surface area contributed by atoms with Crippen molar-refractivity contribution >= 4 is 47.6 Å². The van der Waals surface area contributed by atoms with Gasteiger partial charge in [0.2, 0.25) is 11.8 Å². The predicted molar refractivity (Wildman–Crippen MR) is 152 cm³/mol. The van der Waals surface area contributed by atoms with Crippen molar-refractivity contribution in [2.24, 2.45) is 0 Å². The molecule has 0 saturated carbocycles. The Hall–Kier alpha value is -3.07. The molecule has 3 N–H and O–H groups in total. The summed E-state index contributed by atoms with van der Waals surface area (Å²) < 4.78 is 27.2. The van der Waals surface area contributed by atoms with Crippen LogP contribution < -0.4 is 16.0 Å². The minimum atomic E-state index is -1.16. The van der Waals surface area contributed by atoms with Crippen LogP contribution in [-0.4, -0.2) is 96.7 Å². The Morgan fingerprint density at radius 2 is 1.40 bits per heavy atom. The molecule has 0 aromatic heterocycles. The molecule has 1 saturated heterocycles. The molecular weight excluding hydrogens is 574 g/mol. The third-order valence-corrected chi connectivity index (χ3v) is 6.70. The summed E-state index contributed by atoms with van der Waals surface area (Å²) in [5.74, 6) is -2.29. The second kappa shape index (κ2) is 18.5. The van der Waals surface area contributed by atoms with Crippen LogP contribution in [0.15, 0.2) is 0 Å². The first-order valence-corrected chi connectivity index (χ1v) is 14.9. The van der Waals surface area contributed by atoms with Crippen LogP contribution in [0, 0.1) is 0 Å². The lowest BCUT2D eigenvalue weighted by Gasteiger charge is -2.45. The van der Waals surface area contributed by atoms with Crippen LogP contribution in [0.5, 0.6) is 0 Å². The summed E-state index contributed by atoms with van der Waals surface area (Å²) in [6.45, 7) is 10.9. The molecule has 3 amide bonds. The van der Waals surface area contributed by atoms with Crippen LogP contribution in [0.1, 0.15) is 74.1 Å². The van der Waals surface area contributed by atoms with Gasteiger partial charge < -0.3 is 39.6 Å². The van der Waals surface area contributed by atoms with Crippen molar-refractivity contribution in [1.29, 1.82) is 0 Å². The van der Waals surface area contributed by atoms with Gasteiger partial charge in [0.15, 0.2) is 12.2 Å². The lowest BCUT2D eigenvalue weighted by Crippen LogP contribution is -2.65. The molecule has 5 atom stereocenters. The zero-order valence-corrected chi connectivity index (χ0v) is 26.3. The molecule has 0 aromatic carbocycles. The Morgan fingerprint density at radius 3 is 1.95 bits per heavy atom. The smallest absolute Gasteiger partial charge is 0.407 e. The number of carbonyl (C=O) groups is 6. The quantitative estimate of drug-likeness (QED) is 0.137. The highest BCUT2D eigenvalue weighted by Gasteiger charge is 2.50. The van der Waals surface area contributed by atoms with Gasteiger partial charge in [0.25, 0.3) is 0 Å². The maximum Gasteiger partial charge on any atom is 0.407 e. The zero-order valence-electron chi connectivity index (χ0n) is 25.4. The van der Waals surface area contributed by atoms with Gasteiger partial charge in [0.05, 0.1) is 0 Å². The van der Waals surface area contributed by atoms with E-state index in [1.54, 1.807) is 20.8 Å². The van der Waals surface area contributed by atoms with Crippen LogP contribution in [0.2, 0.25) is 0 Å². The first-order chi connectivity index (χ1) is 19.6. The van der Waals surface area contributed by atoms with Crippen LogP contribution in [0.25, 0.3) is 0 Å². The van der Waals surface area contributed by atoms with Crippen LogP contribution >= 0.6 is 11.8 Å². The molecule has 0 spiro atoms. The lowest BCUT2D eigenvalue weighted by molar-refractivity contribution is -0.211. The molecule has 42 heavy (non-hydrogen) atoms. The highest BCUT2D eigenvalue weighted by Crippen LogP contribution is 2.33. The molecule has 0 aliphatic carbocycles. The molecule has 14 nitrogen and oxygen atoms in total. The van der Waals surface area contributed by atoms with Gasteiger partial charge in [-0.1, -0.05) is 0 Å². The monoisotopic (exact) mass is 619 g/mol. The van der Waals surface area contributed by atoms with Gasteiger partial charge in [-0.25, -0.2) is 4.79 Å². The summed E-state index contributed by atoms with van der Waals surface area (Å²) in [4.78, 5) is 71.3. The maximum atomic E-state index is 12.4. The Morgan fingerprint density at radius 1 is 0.810 bits per heavy atom.